The molecule has 0 saturated heterocycles. The lowest BCUT2D eigenvalue weighted by Crippen LogP contribution is -1.85. The molecule has 0 bridgehead atoms. The molecule has 3 nitrogen and oxygen atoms in total. The van der Waals surface area contributed by atoms with E-state index in [9.17, 15) is 4.79 Å². The molecule has 1 aromatic carbocycles. The Labute approximate surface area is 81.0 Å². The van der Waals surface area contributed by atoms with Crippen LogP contribution >= 0.6 is 0 Å². The summed E-state index contributed by atoms with van der Waals surface area (Å²) in [4.78, 5) is 10.8. The number of aryl methyl sites for hydroxylation is 2. The first-order valence-electron chi connectivity index (χ1n) is 4.34. The highest BCUT2D eigenvalue weighted by Gasteiger charge is 2.09. The Kier molecular flexibility index (Phi) is 2.00. The summed E-state index contributed by atoms with van der Waals surface area (Å²) in [5.41, 5.74) is 2.02. The molecule has 1 heterocycles. The molecular formula is C11H10O3. The van der Waals surface area contributed by atoms with Crippen LogP contribution in [0.2, 0.25) is 0 Å². The SMILES string of the molecule is Cc1ccc(-c2oc(=O)oc2C)cc1. The number of hydrogen-bond donors (Lipinski definition) is 0. The average Bonchev–Trinajstić information content (AvgIpc) is 2.47. The minimum absolute atomic E-state index is 0.509. The zero-order valence-electron chi connectivity index (χ0n) is 8.03. The number of rotatable bonds is 1. The van der Waals surface area contributed by atoms with E-state index in [1.807, 2.05) is 31.2 Å². The molecule has 0 saturated carbocycles. The van der Waals surface area contributed by atoms with Crippen LogP contribution in [0.5, 0.6) is 0 Å². The summed E-state index contributed by atoms with van der Waals surface area (Å²) in [5, 5.41) is 0. The van der Waals surface area contributed by atoms with Crippen molar-refractivity contribution in [3.8, 4) is 11.3 Å². The number of benzene rings is 1. The molecule has 0 radical (unpaired) electrons. The fourth-order valence-corrected chi connectivity index (χ4v) is 1.31. The maximum Gasteiger partial charge on any atom is 0.519 e. The predicted molar refractivity (Wildman–Crippen MR) is 52.2 cm³/mol. The minimum Gasteiger partial charge on any atom is -0.396 e. The molecule has 0 atom stereocenters. The van der Waals surface area contributed by atoms with Gasteiger partial charge in [0, 0.05) is 5.56 Å². The van der Waals surface area contributed by atoms with Crippen LogP contribution in [0.25, 0.3) is 11.3 Å². The van der Waals surface area contributed by atoms with E-state index in [-0.39, 0.29) is 0 Å². The van der Waals surface area contributed by atoms with Crippen LogP contribution in [-0.2, 0) is 0 Å². The third-order valence-electron chi connectivity index (χ3n) is 2.06. The third-order valence-corrected chi connectivity index (χ3v) is 2.06. The van der Waals surface area contributed by atoms with Crippen molar-refractivity contribution in [3.05, 3.63) is 46.2 Å². The molecule has 14 heavy (non-hydrogen) atoms. The van der Waals surface area contributed by atoms with E-state index in [0.717, 1.165) is 11.1 Å². The first-order valence-corrected chi connectivity index (χ1v) is 4.34. The molecule has 2 aromatic rings. The Morgan fingerprint density at radius 1 is 1.00 bits per heavy atom. The monoisotopic (exact) mass is 190 g/mol. The molecule has 0 N–H and O–H groups in total. The molecule has 0 amide bonds. The molecule has 72 valence electrons. The average molecular weight is 190 g/mol. The molecule has 2 rings (SSSR count). The van der Waals surface area contributed by atoms with Gasteiger partial charge in [0.15, 0.2) is 11.5 Å². The van der Waals surface area contributed by atoms with Crippen LogP contribution < -0.4 is 5.82 Å². The van der Waals surface area contributed by atoms with E-state index >= 15 is 0 Å². The first-order chi connectivity index (χ1) is 6.66. The highest BCUT2D eigenvalue weighted by atomic mass is 16.6. The molecule has 0 spiro atoms. The van der Waals surface area contributed by atoms with Crippen molar-refractivity contribution in [1.82, 2.24) is 0 Å². The lowest BCUT2D eigenvalue weighted by atomic mass is 10.1. The second-order valence-electron chi connectivity index (χ2n) is 3.21. The van der Waals surface area contributed by atoms with Crippen molar-refractivity contribution < 1.29 is 8.83 Å². The Morgan fingerprint density at radius 2 is 1.64 bits per heavy atom. The maximum absolute atomic E-state index is 10.8. The van der Waals surface area contributed by atoms with Crippen LogP contribution in [0, 0.1) is 13.8 Å². The summed E-state index contributed by atoms with van der Waals surface area (Å²) in [6.07, 6.45) is 0. The van der Waals surface area contributed by atoms with E-state index in [4.69, 9.17) is 8.83 Å². The van der Waals surface area contributed by atoms with Crippen LogP contribution in [0.4, 0.5) is 0 Å². The van der Waals surface area contributed by atoms with Crippen LogP contribution in [0.15, 0.2) is 37.9 Å². The zero-order chi connectivity index (χ0) is 10.1. The second kappa shape index (κ2) is 3.18. The van der Waals surface area contributed by atoms with Gasteiger partial charge in [-0.15, -0.1) is 0 Å². The van der Waals surface area contributed by atoms with E-state index in [1.54, 1.807) is 6.92 Å². The van der Waals surface area contributed by atoms with Gasteiger partial charge in [-0.05, 0) is 13.8 Å². The van der Waals surface area contributed by atoms with E-state index < -0.39 is 5.82 Å². The van der Waals surface area contributed by atoms with Crippen molar-refractivity contribution in [2.75, 3.05) is 0 Å². The van der Waals surface area contributed by atoms with Crippen molar-refractivity contribution in [2.45, 2.75) is 13.8 Å². The molecule has 0 aliphatic carbocycles. The molecule has 3 heteroatoms. The number of hydrogen-bond acceptors (Lipinski definition) is 3. The highest BCUT2D eigenvalue weighted by Crippen LogP contribution is 2.22. The van der Waals surface area contributed by atoms with Gasteiger partial charge in [0.1, 0.15) is 0 Å². The van der Waals surface area contributed by atoms with Crippen molar-refractivity contribution in [3.63, 3.8) is 0 Å². The van der Waals surface area contributed by atoms with Gasteiger partial charge in [-0.2, -0.15) is 0 Å². The van der Waals surface area contributed by atoms with E-state index in [0.29, 0.717) is 11.5 Å². The van der Waals surface area contributed by atoms with E-state index in [1.165, 1.54) is 0 Å². The largest absolute Gasteiger partial charge is 0.519 e. The summed E-state index contributed by atoms with van der Waals surface area (Å²) in [6, 6.07) is 7.72. The van der Waals surface area contributed by atoms with Crippen molar-refractivity contribution in [1.29, 1.82) is 0 Å². The Balaban J connectivity index is 2.54. The van der Waals surface area contributed by atoms with Gasteiger partial charge in [0.05, 0.1) is 0 Å². The van der Waals surface area contributed by atoms with Crippen molar-refractivity contribution in [2.24, 2.45) is 0 Å². The van der Waals surface area contributed by atoms with Gasteiger partial charge in [-0.1, -0.05) is 29.8 Å². The van der Waals surface area contributed by atoms with Gasteiger partial charge < -0.3 is 8.83 Å². The normalized spacial score (nSPS) is 10.4. The summed E-state index contributed by atoms with van der Waals surface area (Å²) in [7, 11) is 0. The fourth-order valence-electron chi connectivity index (χ4n) is 1.31. The third kappa shape index (κ3) is 1.48. The van der Waals surface area contributed by atoms with Gasteiger partial charge in [0.2, 0.25) is 0 Å². The highest BCUT2D eigenvalue weighted by molar-refractivity contribution is 5.58. The van der Waals surface area contributed by atoms with Crippen molar-refractivity contribution >= 4 is 0 Å². The van der Waals surface area contributed by atoms with Gasteiger partial charge in [-0.3, -0.25) is 0 Å². The molecule has 0 aliphatic rings. The second-order valence-corrected chi connectivity index (χ2v) is 3.21. The maximum atomic E-state index is 10.8. The van der Waals surface area contributed by atoms with Crippen LogP contribution in [0.3, 0.4) is 0 Å². The predicted octanol–water partition coefficient (Wildman–Crippen LogP) is 2.52. The Hall–Kier alpha value is -1.77. The minimum atomic E-state index is -0.655. The lowest BCUT2D eigenvalue weighted by molar-refractivity contribution is 0.381. The quantitative estimate of drug-likeness (QED) is 0.693. The zero-order valence-corrected chi connectivity index (χ0v) is 8.03. The van der Waals surface area contributed by atoms with Gasteiger partial charge in [0.25, 0.3) is 0 Å². The molecular weight excluding hydrogens is 180 g/mol. The van der Waals surface area contributed by atoms with Crippen LogP contribution in [0.1, 0.15) is 11.3 Å². The summed E-state index contributed by atoms with van der Waals surface area (Å²) in [5.74, 6) is 0.368. The van der Waals surface area contributed by atoms with Gasteiger partial charge >= 0.3 is 5.82 Å². The van der Waals surface area contributed by atoms with E-state index in [2.05, 4.69) is 0 Å². The Bertz CT molecular complexity index is 488. The molecule has 0 fully saturated rings. The summed E-state index contributed by atoms with van der Waals surface area (Å²) < 4.78 is 9.69. The van der Waals surface area contributed by atoms with Crippen LogP contribution in [-0.4, -0.2) is 0 Å². The standard InChI is InChI=1S/C11H10O3/c1-7-3-5-9(6-4-7)10-8(2)13-11(12)14-10/h3-6H,1-2H3. The molecule has 0 unspecified atom stereocenters. The fraction of sp³-hybridized carbons (Fsp3) is 0.182. The Morgan fingerprint density at radius 3 is 2.14 bits per heavy atom. The summed E-state index contributed by atoms with van der Waals surface area (Å²) >= 11 is 0. The molecule has 0 aliphatic heterocycles. The summed E-state index contributed by atoms with van der Waals surface area (Å²) in [6.45, 7) is 3.71. The molecule has 1 aromatic heterocycles. The first kappa shape index (κ1) is 8.81. The smallest absolute Gasteiger partial charge is 0.396 e. The van der Waals surface area contributed by atoms with Gasteiger partial charge in [-0.25, -0.2) is 4.79 Å². The lowest BCUT2D eigenvalue weighted by Gasteiger charge is -1.96. The topological polar surface area (TPSA) is 43.4 Å².